The van der Waals surface area contributed by atoms with Crippen LogP contribution < -0.4 is 5.32 Å². The summed E-state index contributed by atoms with van der Waals surface area (Å²) in [6.07, 6.45) is -3.49. The molecule has 2 nitrogen and oxygen atoms in total. The van der Waals surface area contributed by atoms with Crippen LogP contribution in [0.5, 0.6) is 0 Å². The standard InChI is InChI=1S/C12H17F3N2S/c1-3-18-8-7-9(2)16-11-6-4-5-10(17-11)12(13,14)15/h4-6,9H,3,7-8H2,1-2H3,(H,16,17). The molecule has 1 unspecified atom stereocenters. The Morgan fingerprint density at radius 3 is 2.72 bits per heavy atom. The largest absolute Gasteiger partial charge is 0.433 e. The summed E-state index contributed by atoms with van der Waals surface area (Å²) in [7, 11) is 0. The van der Waals surface area contributed by atoms with Gasteiger partial charge < -0.3 is 5.32 Å². The molecule has 0 aliphatic carbocycles. The predicted octanol–water partition coefficient (Wildman–Crippen LogP) is 4.04. The van der Waals surface area contributed by atoms with Gasteiger partial charge in [-0.1, -0.05) is 13.0 Å². The van der Waals surface area contributed by atoms with Crippen molar-refractivity contribution in [1.29, 1.82) is 0 Å². The maximum atomic E-state index is 12.5. The molecular formula is C12H17F3N2S. The SMILES string of the molecule is CCSCCC(C)Nc1cccc(C(F)(F)F)n1. The Labute approximate surface area is 109 Å². The number of anilines is 1. The Bertz CT molecular complexity index is 369. The highest BCUT2D eigenvalue weighted by atomic mass is 32.2. The molecule has 1 N–H and O–H groups in total. The van der Waals surface area contributed by atoms with Crippen molar-refractivity contribution in [2.45, 2.75) is 32.5 Å². The van der Waals surface area contributed by atoms with Gasteiger partial charge in [0.15, 0.2) is 0 Å². The Kier molecular flexibility index (Phi) is 5.78. The molecule has 0 amide bonds. The lowest BCUT2D eigenvalue weighted by atomic mass is 10.2. The zero-order chi connectivity index (χ0) is 13.6. The molecule has 0 spiro atoms. The average Bonchev–Trinajstić information content (AvgIpc) is 2.28. The molecule has 1 aromatic heterocycles. The van der Waals surface area contributed by atoms with E-state index in [1.807, 2.05) is 18.7 Å². The third-order valence-electron chi connectivity index (χ3n) is 2.33. The van der Waals surface area contributed by atoms with Crippen LogP contribution in [0, 0.1) is 0 Å². The van der Waals surface area contributed by atoms with E-state index >= 15 is 0 Å². The van der Waals surface area contributed by atoms with Crippen LogP contribution in [0.4, 0.5) is 19.0 Å². The van der Waals surface area contributed by atoms with Gasteiger partial charge in [0.2, 0.25) is 0 Å². The fourth-order valence-electron chi connectivity index (χ4n) is 1.40. The monoisotopic (exact) mass is 278 g/mol. The van der Waals surface area contributed by atoms with Crippen molar-refractivity contribution in [3.05, 3.63) is 23.9 Å². The quantitative estimate of drug-likeness (QED) is 0.795. The van der Waals surface area contributed by atoms with Crippen molar-refractivity contribution in [1.82, 2.24) is 4.98 Å². The van der Waals surface area contributed by atoms with E-state index in [-0.39, 0.29) is 11.9 Å². The Morgan fingerprint density at radius 1 is 1.39 bits per heavy atom. The molecule has 1 rings (SSSR count). The molecule has 102 valence electrons. The topological polar surface area (TPSA) is 24.9 Å². The Hall–Kier alpha value is -0.910. The van der Waals surface area contributed by atoms with Gasteiger partial charge in [0.1, 0.15) is 11.5 Å². The lowest BCUT2D eigenvalue weighted by Crippen LogP contribution is -2.18. The predicted molar refractivity (Wildman–Crippen MR) is 69.9 cm³/mol. The number of hydrogen-bond acceptors (Lipinski definition) is 3. The number of nitrogens with zero attached hydrogens (tertiary/aromatic N) is 1. The van der Waals surface area contributed by atoms with Crippen molar-refractivity contribution < 1.29 is 13.2 Å². The smallest absolute Gasteiger partial charge is 0.368 e. The molecular weight excluding hydrogens is 261 g/mol. The van der Waals surface area contributed by atoms with Crippen LogP contribution in [0.15, 0.2) is 18.2 Å². The van der Waals surface area contributed by atoms with Gasteiger partial charge in [-0.25, -0.2) is 4.98 Å². The van der Waals surface area contributed by atoms with E-state index in [2.05, 4.69) is 17.2 Å². The van der Waals surface area contributed by atoms with Crippen LogP contribution in [0.25, 0.3) is 0 Å². The van der Waals surface area contributed by atoms with Crippen molar-refractivity contribution in [3.63, 3.8) is 0 Å². The van der Waals surface area contributed by atoms with Crippen molar-refractivity contribution in [2.75, 3.05) is 16.8 Å². The molecule has 1 heterocycles. The number of pyridine rings is 1. The zero-order valence-corrected chi connectivity index (χ0v) is 11.2. The number of thioether (sulfide) groups is 1. The molecule has 0 saturated carbocycles. The first-order chi connectivity index (χ1) is 8.43. The van der Waals surface area contributed by atoms with E-state index in [9.17, 15) is 13.2 Å². The van der Waals surface area contributed by atoms with Gasteiger partial charge in [-0.15, -0.1) is 0 Å². The molecule has 0 saturated heterocycles. The minimum Gasteiger partial charge on any atom is -0.368 e. The van der Waals surface area contributed by atoms with Crippen LogP contribution in [0.3, 0.4) is 0 Å². The van der Waals surface area contributed by atoms with E-state index in [4.69, 9.17) is 0 Å². The summed E-state index contributed by atoms with van der Waals surface area (Å²) in [4.78, 5) is 3.57. The van der Waals surface area contributed by atoms with E-state index in [0.29, 0.717) is 0 Å². The van der Waals surface area contributed by atoms with Gasteiger partial charge in [-0.3, -0.25) is 0 Å². The van der Waals surface area contributed by atoms with Crippen LogP contribution in [-0.2, 0) is 6.18 Å². The van der Waals surface area contributed by atoms with Gasteiger partial charge in [-0.05, 0) is 37.0 Å². The number of rotatable bonds is 6. The average molecular weight is 278 g/mol. The molecule has 1 aromatic rings. The van der Waals surface area contributed by atoms with Crippen LogP contribution >= 0.6 is 11.8 Å². The third kappa shape index (κ3) is 5.16. The second-order valence-corrected chi connectivity index (χ2v) is 5.33. The number of alkyl halides is 3. The Morgan fingerprint density at radius 2 is 2.11 bits per heavy atom. The molecule has 18 heavy (non-hydrogen) atoms. The summed E-state index contributed by atoms with van der Waals surface area (Å²) in [5.74, 6) is 2.32. The first-order valence-corrected chi connectivity index (χ1v) is 6.97. The summed E-state index contributed by atoms with van der Waals surface area (Å²) in [6, 6.07) is 4.01. The molecule has 6 heteroatoms. The van der Waals surface area contributed by atoms with Crippen molar-refractivity contribution >= 4 is 17.6 Å². The number of halogens is 3. The lowest BCUT2D eigenvalue weighted by molar-refractivity contribution is -0.141. The second-order valence-electron chi connectivity index (χ2n) is 3.94. The summed E-state index contributed by atoms with van der Waals surface area (Å²) < 4.78 is 37.4. The minimum absolute atomic E-state index is 0.111. The fourth-order valence-corrected chi connectivity index (χ4v) is 2.21. The van der Waals surface area contributed by atoms with Crippen LogP contribution in [0.2, 0.25) is 0 Å². The lowest BCUT2D eigenvalue weighted by Gasteiger charge is -2.15. The van der Waals surface area contributed by atoms with Crippen molar-refractivity contribution in [3.8, 4) is 0 Å². The van der Waals surface area contributed by atoms with Gasteiger partial charge in [0, 0.05) is 6.04 Å². The van der Waals surface area contributed by atoms with Crippen molar-refractivity contribution in [2.24, 2.45) is 0 Å². The van der Waals surface area contributed by atoms with Gasteiger partial charge in [0.05, 0.1) is 0 Å². The third-order valence-corrected chi connectivity index (χ3v) is 3.27. The Balaban J connectivity index is 2.57. The first kappa shape index (κ1) is 15.1. The number of hydrogen-bond donors (Lipinski definition) is 1. The van der Waals surface area contributed by atoms with Gasteiger partial charge >= 0.3 is 6.18 Å². The van der Waals surface area contributed by atoms with E-state index < -0.39 is 11.9 Å². The zero-order valence-electron chi connectivity index (χ0n) is 10.4. The maximum absolute atomic E-state index is 12.5. The fraction of sp³-hybridized carbons (Fsp3) is 0.583. The van der Waals surface area contributed by atoms with E-state index in [0.717, 1.165) is 24.0 Å². The second kappa shape index (κ2) is 6.87. The summed E-state index contributed by atoms with van der Waals surface area (Å²) >= 11 is 1.81. The molecule has 0 fully saturated rings. The van der Waals surface area contributed by atoms with E-state index in [1.165, 1.54) is 6.07 Å². The summed E-state index contributed by atoms with van der Waals surface area (Å²) in [5.41, 5.74) is -0.859. The van der Waals surface area contributed by atoms with Gasteiger partial charge in [-0.2, -0.15) is 24.9 Å². The van der Waals surface area contributed by atoms with Crippen LogP contribution in [0.1, 0.15) is 26.0 Å². The van der Waals surface area contributed by atoms with E-state index in [1.54, 1.807) is 6.07 Å². The molecule has 0 radical (unpaired) electrons. The minimum atomic E-state index is -4.39. The number of nitrogens with one attached hydrogen (secondary N) is 1. The highest BCUT2D eigenvalue weighted by Crippen LogP contribution is 2.28. The highest BCUT2D eigenvalue weighted by Gasteiger charge is 2.32. The normalized spacial score (nSPS) is 13.4. The maximum Gasteiger partial charge on any atom is 0.433 e. The van der Waals surface area contributed by atoms with Gasteiger partial charge in [0.25, 0.3) is 0 Å². The molecule has 0 aliphatic heterocycles. The van der Waals surface area contributed by atoms with Crippen LogP contribution in [-0.4, -0.2) is 22.5 Å². The molecule has 0 aromatic carbocycles. The molecule has 0 aliphatic rings. The molecule has 0 bridgehead atoms. The number of aromatic nitrogens is 1. The molecule has 1 atom stereocenters. The first-order valence-electron chi connectivity index (χ1n) is 5.82. The highest BCUT2D eigenvalue weighted by molar-refractivity contribution is 7.99. The summed E-state index contributed by atoms with van der Waals surface area (Å²) in [5, 5.41) is 2.99. The summed E-state index contributed by atoms with van der Waals surface area (Å²) in [6.45, 7) is 4.02.